The number of carbonyl (C=O) groups is 1. The zero-order chi connectivity index (χ0) is 18.0. The van der Waals surface area contributed by atoms with Gasteiger partial charge in [-0.2, -0.15) is 0 Å². The van der Waals surface area contributed by atoms with E-state index >= 15 is 0 Å². The molecule has 0 atom stereocenters. The van der Waals surface area contributed by atoms with Crippen LogP contribution in [0.25, 0.3) is 10.8 Å². The normalized spacial score (nSPS) is 15.1. The molecule has 4 heteroatoms. The molecule has 2 aromatic rings. The second-order valence-corrected chi connectivity index (χ2v) is 7.61. The van der Waals surface area contributed by atoms with Crippen LogP contribution in [0.2, 0.25) is 0 Å². The fourth-order valence-corrected chi connectivity index (χ4v) is 3.51. The van der Waals surface area contributed by atoms with Crippen LogP contribution in [0.15, 0.2) is 29.1 Å². The molecular weight excluding hydrogens is 312 g/mol. The van der Waals surface area contributed by atoms with Crippen molar-refractivity contribution >= 4 is 16.7 Å². The number of fused-ring (bicyclic) bond motifs is 1. The van der Waals surface area contributed by atoms with Gasteiger partial charge in [0, 0.05) is 25.0 Å². The number of aryl methyl sites for hydroxylation is 1. The highest BCUT2D eigenvalue weighted by Crippen LogP contribution is 2.19. The standard InChI is InChI=1S/C21H28N2O2/c1-15(2)9-12-23-19(21(25)22-10-5-4-6-11-22)14-17-8-7-16(3)13-18(17)20(23)24/h7-8,13-15H,4-6,9-12H2,1-3H3. The highest BCUT2D eigenvalue weighted by atomic mass is 16.2. The van der Waals surface area contributed by atoms with Crippen molar-refractivity contribution in [1.82, 2.24) is 9.47 Å². The van der Waals surface area contributed by atoms with Gasteiger partial charge in [-0.15, -0.1) is 0 Å². The zero-order valence-corrected chi connectivity index (χ0v) is 15.5. The smallest absolute Gasteiger partial charge is 0.270 e. The molecular formula is C21H28N2O2. The van der Waals surface area contributed by atoms with E-state index in [9.17, 15) is 9.59 Å². The van der Waals surface area contributed by atoms with Crippen molar-refractivity contribution in [2.45, 2.75) is 53.0 Å². The van der Waals surface area contributed by atoms with Gasteiger partial charge in [-0.1, -0.05) is 31.5 Å². The molecule has 0 saturated carbocycles. The van der Waals surface area contributed by atoms with E-state index in [0.29, 0.717) is 23.5 Å². The van der Waals surface area contributed by atoms with Crippen molar-refractivity contribution in [2.24, 2.45) is 5.92 Å². The number of pyridine rings is 1. The number of piperidine rings is 1. The Kier molecular flexibility index (Phi) is 5.26. The zero-order valence-electron chi connectivity index (χ0n) is 15.5. The van der Waals surface area contributed by atoms with Gasteiger partial charge in [0.2, 0.25) is 0 Å². The molecule has 134 valence electrons. The summed E-state index contributed by atoms with van der Waals surface area (Å²) < 4.78 is 1.71. The van der Waals surface area contributed by atoms with Crippen LogP contribution in [-0.2, 0) is 6.54 Å². The first-order valence-electron chi connectivity index (χ1n) is 9.41. The summed E-state index contributed by atoms with van der Waals surface area (Å²) in [7, 11) is 0. The molecule has 0 bridgehead atoms. The van der Waals surface area contributed by atoms with Gasteiger partial charge in [0.1, 0.15) is 5.69 Å². The average molecular weight is 340 g/mol. The third-order valence-corrected chi connectivity index (χ3v) is 5.06. The lowest BCUT2D eigenvalue weighted by Gasteiger charge is -2.28. The maximum Gasteiger partial charge on any atom is 0.270 e. The molecule has 3 rings (SSSR count). The molecule has 25 heavy (non-hydrogen) atoms. The molecule has 1 fully saturated rings. The third-order valence-electron chi connectivity index (χ3n) is 5.06. The van der Waals surface area contributed by atoms with Gasteiger partial charge < -0.3 is 9.47 Å². The maximum atomic E-state index is 13.1. The summed E-state index contributed by atoms with van der Waals surface area (Å²) in [6, 6.07) is 7.79. The van der Waals surface area contributed by atoms with Crippen LogP contribution in [0, 0.1) is 12.8 Å². The Balaban J connectivity index is 2.10. The number of hydrogen-bond donors (Lipinski definition) is 0. The Morgan fingerprint density at radius 1 is 1.12 bits per heavy atom. The van der Waals surface area contributed by atoms with E-state index in [1.165, 1.54) is 6.42 Å². The Labute approximate surface area is 149 Å². The van der Waals surface area contributed by atoms with Crippen LogP contribution in [-0.4, -0.2) is 28.5 Å². The number of nitrogens with zero attached hydrogens (tertiary/aromatic N) is 2. The van der Waals surface area contributed by atoms with Gasteiger partial charge in [0.15, 0.2) is 0 Å². The summed E-state index contributed by atoms with van der Waals surface area (Å²) in [4.78, 5) is 28.1. The van der Waals surface area contributed by atoms with E-state index in [4.69, 9.17) is 0 Å². The van der Waals surface area contributed by atoms with E-state index in [-0.39, 0.29) is 11.5 Å². The molecule has 1 aromatic heterocycles. The molecule has 0 radical (unpaired) electrons. The lowest BCUT2D eigenvalue weighted by molar-refractivity contribution is 0.0711. The van der Waals surface area contributed by atoms with Gasteiger partial charge in [-0.3, -0.25) is 9.59 Å². The van der Waals surface area contributed by atoms with E-state index in [1.807, 2.05) is 36.1 Å². The minimum Gasteiger partial charge on any atom is -0.337 e. The summed E-state index contributed by atoms with van der Waals surface area (Å²) in [5.74, 6) is 0.487. The summed E-state index contributed by atoms with van der Waals surface area (Å²) in [6.45, 7) is 8.45. The highest BCUT2D eigenvalue weighted by Gasteiger charge is 2.22. The van der Waals surface area contributed by atoms with Crippen molar-refractivity contribution in [2.75, 3.05) is 13.1 Å². The van der Waals surface area contributed by atoms with Crippen molar-refractivity contribution in [3.05, 3.63) is 45.9 Å². The van der Waals surface area contributed by atoms with E-state index < -0.39 is 0 Å². The summed E-state index contributed by atoms with van der Waals surface area (Å²) in [5.41, 5.74) is 1.57. The summed E-state index contributed by atoms with van der Waals surface area (Å²) in [5, 5.41) is 1.57. The third kappa shape index (κ3) is 3.78. The Bertz CT molecular complexity index is 830. The van der Waals surface area contributed by atoms with Crippen LogP contribution < -0.4 is 5.56 Å². The summed E-state index contributed by atoms with van der Waals surface area (Å²) in [6.07, 6.45) is 4.17. The topological polar surface area (TPSA) is 42.3 Å². The molecule has 1 aromatic carbocycles. The lowest BCUT2D eigenvalue weighted by atomic mass is 10.1. The Hall–Kier alpha value is -2.10. The minimum absolute atomic E-state index is 0.00281. The van der Waals surface area contributed by atoms with Crippen LogP contribution in [0.1, 0.15) is 55.6 Å². The number of rotatable bonds is 4. The van der Waals surface area contributed by atoms with Crippen molar-refractivity contribution in [1.29, 1.82) is 0 Å². The van der Waals surface area contributed by atoms with Gasteiger partial charge in [0.25, 0.3) is 11.5 Å². The highest BCUT2D eigenvalue weighted by molar-refractivity contribution is 5.96. The van der Waals surface area contributed by atoms with Crippen LogP contribution in [0.3, 0.4) is 0 Å². The van der Waals surface area contributed by atoms with E-state index in [0.717, 1.165) is 43.3 Å². The van der Waals surface area contributed by atoms with Crippen molar-refractivity contribution in [3.63, 3.8) is 0 Å². The molecule has 1 aliphatic rings. The average Bonchev–Trinajstić information content (AvgIpc) is 2.61. The minimum atomic E-state index is -0.0396. The fourth-order valence-electron chi connectivity index (χ4n) is 3.51. The number of hydrogen-bond acceptors (Lipinski definition) is 2. The predicted octanol–water partition coefficient (Wildman–Crippen LogP) is 3.98. The second-order valence-electron chi connectivity index (χ2n) is 7.61. The Morgan fingerprint density at radius 2 is 1.84 bits per heavy atom. The van der Waals surface area contributed by atoms with Gasteiger partial charge in [0.05, 0.1) is 0 Å². The van der Waals surface area contributed by atoms with E-state index in [2.05, 4.69) is 13.8 Å². The number of aromatic nitrogens is 1. The van der Waals surface area contributed by atoms with Crippen molar-refractivity contribution in [3.8, 4) is 0 Å². The van der Waals surface area contributed by atoms with Crippen molar-refractivity contribution < 1.29 is 4.79 Å². The molecule has 0 aliphatic carbocycles. The first-order chi connectivity index (χ1) is 12.0. The predicted molar refractivity (Wildman–Crippen MR) is 102 cm³/mol. The first kappa shape index (κ1) is 17.7. The number of amides is 1. The summed E-state index contributed by atoms with van der Waals surface area (Å²) >= 11 is 0. The van der Waals surface area contributed by atoms with Gasteiger partial charge in [-0.05, 0) is 56.0 Å². The SMILES string of the molecule is Cc1ccc2cc(C(=O)N3CCCCC3)n(CCC(C)C)c(=O)c2c1. The molecule has 0 unspecified atom stereocenters. The fraction of sp³-hybridized carbons (Fsp3) is 0.524. The maximum absolute atomic E-state index is 13.1. The molecule has 1 saturated heterocycles. The van der Waals surface area contributed by atoms with Crippen LogP contribution in [0.5, 0.6) is 0 Å². The largest absolute Gasteiger partial charge is 0.337 e. The lowest BCUT2D eigenvalue weighted by Crippen LogP contribution is -2.39. The number of likely N-dealkylation sites (tertiary alicyclic amines) is 1. The monoisotopic (exact) mass is 340 g/mol. The van der Waals surface area contributed by atoms with E-state index in [1.54, 1.807) is 4.57 Å². The second kappa shape index (κ2) is 7.42. The molecule has 1 amide bonds. The number of benzene rings is 1. The molecule has 4 nitrogen and oxygen atoms in total. The van der Waals surface area contributed by atoms with Crippen LogP contribution >= 0.6 is 0 Å². The molecule has 2 heterocycles. The van der Waals surface area contributed by atoms with Crippen LogP contribution in [0.4, 0.5) is 0 Å². The first-order valence-corrected chi connectivity index (χ1v) is 9.41. The molecule has 0 spiro atoms. The number of carbonyl (C=O) groups excluding carboxylic acids is 1. The Morgan fingerprint density at radius 3 is 2.52 bits per heavy atom. The molecule has 1 aliphatic heterocycles. The quantitative estimate of drug-likeness (QED) is 0.845. The van der Waals surface area contributed by atoms with Gasteiger partial charge >= 0.3 is 0 Å². The van der Waals surface area contributed by atoms with Gasteiger partial charge in [-0.25, -0.2) is 0 Å². The molecule has 0 N–H and O–H groups in total.